The van der Waals surface area contributed by atoms with E-state index in [9.17, 15) is 18.5 Å². The maximum Gasteiger partial charge on any atom is 0.289 e. The molecule has 1 unspecified atom stereocenters. The summed E-state index contributed by atoms with van der Waals surface area (Å²) in [6, 6.07) is 2.75. The van der Waals surface area contributed by atoms with Gasteiger partial charge in [0.1, 0.15) is 0 Å². The second-order valence-electron chi connectivity index (χ2n) is 5.74. The van der Waals surface area contributed by atoms with Crippen LogP contribution in [0.1, 0.15) is 17.5 Å². The molecule has 0 saturated carbocycles. The van der Waals surface area contributed by atoms with Crippen molar-refractivity contribution in [3.8, 4) is 0 Å². The van der Waals surface area contributed by atoms with Gasteiger partial charge in [0.05, 0.1) is 4.92 Å². The van der Waals surface area contributed by atoms with Crippen molar-refractivity contribution in [2.45, 2.75) is 25.2 Å². The number of rotatable bonds is 5. The van der Waals surface area contributed by atoms with Crippen LogP contribution in [0.2, 0.25) is 0 Å². The summed E-state index contributed by atoms with van der Waals surface area (Å²) in [5.41, 5.74) is 1.09. The van der Waals surface area contributed by atoms with Crippen molar-refractivity contribution in [2.24, 2.45) is 5.92 Å². The number of nitrogens with zero attached hydrogens (tertiary/aromatic N) is 2. The van der Waals surface area contributed by atoms with Crippen LogP contribution < -0.4 is 5.32 Å². The molecule has 1 heterocycles. The van der Waals surface area contributed by atoms with Gasteiger partial charge < -0.3 is 5.32 Å². The van der Waals surface area contributed by atoms with Gasteiger partial charge in [-0.2, -0.15) is 4.31 Å². The number of hydrogen-bond acceptors (Lipinski definition) is 5. The van der Waals surface area contributed by atoms with Gasteiger partial charge in [0.15, 0.2) is 4.90 Å². The zero-order chi connectivity index (χ0) is 16.5. The maximum atomic E-state index is 12.8. The largest absolute Gasteiger partial charge is 0.319 e. The molecule has 9 heteroatoms. The lowest BCUT2D eigenvalue weighted by Crippen LogP contribution is -2.31. The molecule has 1 aliphatic heterocycles. The van der Waals surface area contributed by atoms with Gasteiger partial charge in [-0.1, -0.05) is 0 Å². The van der Waals surface area contributed by atoms with E-state index >= 15 is 0 Å². The molecule has 1 aromatic carbocycles. The fourth-order valence-electron chi connectivity index (χ4n) is 2.73. The zero-order valence-electron chi connectivity index (χ0n) is 13.4. The highest BCUT2D eigenvalue weighted by Gasteiger charge is 2.36. The quantitative estimate of drug-likeness (QED) is 0.636. The molecule has 1 saturated heterocycles. The first kappa shape index (κ1) is 19.8. The zero-order valence-corrected chi connectivity index (χ0v) is 15.0. The van der Waals surface area contributed by atoms with Gasteiger partial charge >= 0.3 is 0 Å². The molecule has 130 valence electrons. The Hall–Kier alpha value is -1.22. The molecule has 0 bridgehead atoms. The van der Waals surface area contributed by atoms with Crippen molar-refractivity contribution in [1.82, 2.24) is 9.62 Å². The van der Waals surface area contributed by atoms with E-state index in [1.54, 1.807) is 13.8 Å². The van der Waals surface area contributed by atoms with Gasteiger partial charge in [-0.15, -0.1) is 12.4 Å². The fourth-order valence-corrected chi connectivity index (χ4v) is 4.49. The second-order valence-corrected chi connectivity index (χ2v) is 7.64. The van der Waals surface area contributed by atoms with Crippen LogP contribution in [0.4, 0.5) is 5.69 Å². The standard InChI is InChI=1S/C14H21N3O4S.ClH/c1-10-6-13(17(18)19)14(7-11(10)2)22(20,21)16-5-4-12(9-16)8-15-3;/h6-7,12,15H,4-5,8-9H2,1-3H3;1H. The van der Waals surface area contributed by atoms with Crippen LogP contribution in [0.3, 0.4) is 0 Å². The number of nitro benzene ring substituents is 1. The molecule has 0 amide bonds. The van der Waals surface area contributed by atoms with Crippen molar-refractivity contribution in [2.75, 3.05) is 26.7 Å². The Bertz CT molecular complexity index is 694. The number of benzene rings is 1. The SMILES string of the molecule is CNCC1CCN(S(=O)(=O)c2cc(C)c(C)cc2[N+](=O)[O-])C1.Cl. The monoisotopic (exact) mass is 363 g/mol. The van der Waals surface area contributed by atoms with Gasteiger partial charge in [0, 0.05) is 19.2 Å². The number of aryl methyl sites for hydroxylation is 2. The summed E-state index contributed by atoms with van der Waals surface area (Å²) in [7, 11) is -2.02. The number of sulfonamides is 1. The number of nitro groups is 1. The first-order valence-corrected chi connectivity index (χ1v) is 8.61. The Morgan fingerprint density at radius 3 is 2.52 bits per heavy atom. The predicted octanol–water partition coefficient (Wildman–Crippen LogP) is 1.86. The van der Waals surface area contributed by atoms with E-state index in [0.717, 1.165) is 18.5 Å². The minimum atomic E-state index is -3.84. The number of halogens is 1. The van der Waals surface area contributed by atoms with Gasteiger partial charge in [0.25, 0.3) is 5.69 Å². The molecule has 1 fully saturated rings. The minimum Gasteiger partial charge on any atom is -0.319 e. The summed E-state index contributed by atoms with van der Waals surface area (Å²) in [6.45, 7) is 5.02. The third kappa shape index (κ3) is 4.00. The summed E-state index contributed by atoms with van der Waals surface area (Å²) in [6.07, 6.45) is 0.763. The second kappa shape index (κ2) is 7.57. The smallest absolute Gasteiger partial charge is 0.289 e. The minimum absolute atomic E-state index is 0. The third-order valence-electron chi connectivity index (χ3n) is 4.13. The Morgan fingerprint density at radius 2 is 1.96 bits per heavy atom. The molecule has 1 aliphatic rings. The molecule has 1 atom stereocenters. The molecular weight excluding hydrogens is 342 g/mol. The van der Waals surface area contributed by atoms with Crippen LogP contribution in [0.5, 0.6) is 0 Å². The van der Waals surface area contributed by atoms with E-state index in [2.05, 4.69) is 5.32 Å². The highest BCUT2D eigenvalue weighted by Crippen LogP contribution is 2.32. The average molecular weight is 364 g/mol. The Labute approximate surface area is 142 Å². The van der Waals surface area contributed by atoms with Crippen molar-refractivity contribution >= 4 is 28.1 Å². The lowest BCUT2D eigenvalue weighted by molar-refractivity contribution is -0.387. The van der Waals surface area contributed by atoms with E-state index < -0.39 is 14.9 Å². The molecule has 0 aromatic heterocycles. The van der Waals surface area contributed by atoms with Gasteiger partial charge in [-0.3, -0.25) is 10.1 Å². The maximum absolute atomic E-state index is 12.8. The molecular formula is C14H22ClN3O4S. The first-order chi connectivity index (χ1) is 10.3. The Balaban J connectivity index is 0.00000264. The van der Waals surface area contributed by atoms with Crippen molar-refractivity contribution in [3.05, 3.63) is 33.4 Å². The van der Waals surface area contributed by atoms with Crippen LogP contribution in [-0.4, -0.2) is 44.3 Å². The topological polar surface area (TPSA) is 92.6 Å². The van der Waals surface area contributed by atoms with Crippen molar-refractivity contribution < 1.29 is 13.3 Å². The molecule has 0 radical (unpaired) electrons. The molecule has 1 aromatic rings. The van der Waals surface area contributed by atoms with Crippen LogP contribution in [0.15, 0.2) is 17.0 Å². The van der Waals surface area contributed by atoms with E-state index in [4.69, 9.17) is 0 Å². The van der Waals surface area contributed by atoms with E-state index in [-0.39, 0.29) is 28.9 Å². The van der Waals surface area contributed by atoms with Gasteiger partial charge in [-0.05, 0) is 57.0 Å². The van der Waals surface area contributed by atoms with Gasteiger partial charge in [0.2, 0.25) is 10.0 Å². The summed E-state index contributed by atoms with van der Waals surface area (Å²) in [5, 5.41) is 14.3. The summed E-state index contributed by atoms with van der Waals surface area (Å²) >= 11 is 0. The highest BCUT2D eigenvalue weighted by atomic mass is 35.5. The summed E-state index contributed by atoms with van der Waals surface area (Å²) in [5.74, 6) is 0.241. The molecule has 23 heavy (non-hydrogen) atoms. The van der Waals surface area contributed by atoms with Gasteiger partial charge in [-0.25, -0.2) is 8.42 Å². The van der Waals surface area contributed by atoms with E-state index in [1.807, 2.05) is 7.05 Å². The number of hydrogen-bond donors (Lipinski definition) is 1. The van der Waals surface area contributed by atoms with E-state index in [1.165, 1.54) is 16.4 Å². The highest BCUT2D eigenvalue weighted by molar-refractivity contribution is 7.89. The predicted molar refractivity (Wildman–Crippen MR) is 90.6 cm³/mol. The van der Waals surface area contributed by atoms with Crippen LogP contribution in [0.25, 0.3) is 0 Å². The van der Waals surface area contributed by atoms with Crippen LogP contribution >= 0.6 is 12.4 Å². The van der Waals surface area contributed by atoms with E-state index in [0.29, 0.717) is 18.7 Å². The van der Waals surface area contributed by atoms with Crippen LogP contribution in [-0.2, 0) is 10.0 Å². The molecule has 0 aliphatic carbocycles. The molecule has 7 nitrogen and oxygen atoms in total. The molecule has 1 N–H and O–H groups in total. The van der Waals surface area contributed by atoms with Crippen molar-refractivity contribution in [1.29, 1.82) is 0 Å². The Morgan fingerprint density at radius 1 is 1.35 bits per heavy atom. The molecule has 2 rings (SSSR count). The number of nitrogens with one attached hydrogen (secondary N) is 1. The summed E-state index contributed by atoms with van der Waals surface area (Å²) in [4.78, 5) is 10.4. The average Bonchev–Trinajstić information content (AvgIpc) is 2.90. The normalized spacial score (nSPS) is 18.7. The molecule has 0 spiro atoms. The fraction of sp³-hybridized carbons (Fsp3) is 0.571. The summed E-state index contributed by atoms with van der Waals surface area (Å²) < 4.78 is 26.9. The van der Waals surface area contributed by atoms with Crippen molar-refractivity contribution in [3.63, 3.8) is 0 Å². The first-order valence-electron chi connectivity index (χ1n) is 7.17. The third-order valence-corrected chi connectivity index (χ3v) is 6.03. The lowest BCUT2D eigenvalue weighted by Gasteiger charge is -2.17. The Kier molecular flexibility index (Phi) is 6.52. The lowest BCUT2D eigenvalue weighted by atomic mass is 10.1. The van der Waals surface area contributed by atoms with Crippen LogP contribution in [0, 0.1) is 29.9 Å².